The molecule has 0 bridgehead atoms. The maximum absolute atomic E-state index is 8.99. The average Bonchev–Trinajstić information content (AvgIpc) is 2.54. The van der Waals surface area contributed by atoms with E-state index < -0.39 is 0 Å². The second-order valence-corrected chi connectivity index (χ2v) is 5.69. The zero-order valence-electron chi connectivity index (χ0n) is 12.3. The highest BCUT2D eigenvalue weighted by Crippen LogP contribution is 2.32. The Morgan fingerprint density at radius 3 is 2.95 bits per heavy atom. The number of fused-ring (bicyclic) bond motifs is 1. The van der Waals surface area contributed by atoms with E-state index in [1.54, 1.807) is 0 Å². The van der Waals surface area contributed by atoms with Crippen LogP contribution in [-0.2, 0) is 6.42 Å². The van der Waals surface area contributed by atoms with Gasteiger partial charge in [-0.15, -0.1) is 0 Å². The maximum Gasteiger partial charge on any atom is 0.123 e. The molecule has 0 N–H and O–H groups in total. The summed E-state index contributed by atoms with van der Waals surface area (Å²) in [7, 11) is 0. The molecule has 0 amide bonds. The quantitative estimate of drug-likeness (QED) is 0.834. The standard InChI is InChI=1S/C19H19NO/c1-14-9-10-15(12-20)11-19(14)21-13-17-7-4-6-16-5-2-3-8-18(16)17/h2-3,5,8-11,17H,4,6-7,13H2,1H3. The first-order chi connectivity index (χ1) is 10.3. The van der Waals surface area contributed by atoms with Crippen LogP contribution >= 0.6 is 0 Å². The van der Waals surface area contributed by atoms with E-state index >= 15 is 0 Å². The third kappa shape index (κ3) is 2.92. The lowest BCUT2D eigenvalue weighted by Gasteiger charge is -2.25. The summed E-state index contributed by atoms with van der Waals surface area (Å²) in [6.07, 6.45) is 3.58. The van der Waals surface area contributed by atoms with E-state index in [1.807, 2.05) is 25.1 Å². The Balaban J connectivity index is 1.76. The molecule has 0 heterocycles. The molecule has 3 rings (SSSR count). The van der Waals surface area contributed by atoms with Crippen LogP contribution in [0.15, 0.2) is 42.5 Å². The van der Waals surface area contributed by atoms with Crippen molar-refractivity contribution in [2.45, 2.75) is 32.1 Å². The van der Waals surface area contributed by atoms with E-state index in [4.69, 9.17) is 10.00 Å². The van der Waals surface area contributed by atoms with Crippen molar-refractivity contribution < 1.29 is 4.74 Å². The Bertz CT molecular complexity index is 684. The zero-order chi connectivity index (χ0) is 14.7. The van der Waals surface area contributed by atoms with Crippen LogP contribution in [0.2, 0.25) is 0 Å². The highest BCUT2D eigenvalue weighted by Gasteiger charge is 2.20. The van der Waals surface area contributed by atoms with Gasteiger partial charge in [-0.3, -0.25) is 0 Å². The Morgan fingerprint density at radius 1 is 1.24 bits per heavy atom. The second kappa shape index (κ2) is 6.01. The Kier molecular flexibility index (Phi) is 3.92. The van der Waals surface area contributed by atoms with Crippen molar-refractivity contribution in [1.29, 1.82) is 5.26 Å². The molecule has 2 aromatic rings. The van der Waals surface area contributed by atoms with E-state index in [2.05, 4.69) is 30.3 Å². The topological polar surface area (TPSA) is 33.0 Å². The Labute approximate surface area is 126 Å². The van der Waals surface area contributed by atoms with Crippen LogP contribution in [0.25, 0.3) is 0 Å². The molecule has 0 aliphatic heterocycles. The highest BCUT2D eigenvalue weighted by molar-refractivity contribution is 5.42. The molecule has 2 heteroatoms. The van der Waals surface area contributed by atoms with Crippen LogP contribution in [-0.4, -0.2) is 6.61 Å². The molecule has 0 saturated carbocycles. The smallest absolute Gasteiger partial charge is 0.123 e. The third-order valence-electron chi connectivity index (χ3n) is 4.25. The molecule has 2 aromatic carbocycles. The van der Waals surface area contributed by atoms with Crippen molar-refractivity contribution in [3.8, 4) is 11.8 Å². The molecule has 1 aliphatic carbocycles. The number of nitrogens with zero attached hydrogens (tertiary/aromatic N) is 1. The van der Waals surface area contributed by atoms with Gasteiger partial charge in [-0.25, -0.2) is 0 Å². The summed E-state index contributed by atoms with van der Waals surface area (Å²) in [5, 5.41) is 8.99. The summed E-state index contributed by atoms with van der Waals surface area (Å²) in [5.41, 5.74) is 4.62. The van der Waals surface area contributed by atoms with Crippen LogP contribution in [0.4, 0.5) is 0 Å². The van der Waals surface area contributed by atoms with Gasteiger partial charge in [0.2, 0.25) is 0 Å². The summed E-state index contributed by atoms with van der Waals surface area (Å²) >= 11 is 0. The predicted molar refractivity (Wildman–Crippen MR) is 83.5 cm³/mol. The number of hydrogen-bond donors (Lipinski definition) is 0. The fraction of sp³-hybridized carbons (Fsp3) is 0.316. The molecule has 2 nitrogen and oxygen atoms in total. The lowest BCUT2D eigenvalue weighted by atomic mass is 9.83. The summed E-state index contributed by atoms with van der Waals surface area (Å²) < 4.78 is 6.02. The van der Waals surface area contributed by atoms with Crippen molar-refractivity contribution in [2.75, 3.05) is 6.61 Å². The SMILES string of the molecule is Cc1ccc(C#N)cc1OCC1CCCc2ccccc21. The van der Waals surface area contributed by atoms with Crippen LogP contribution in [0.1, 0.15) is 41.0 Å². The van der Waals surface area contributed by atoms with Gasteiger partial charge in [-0.05, 0) is 55.0 Å². The second-order valence-electron chi connectivity index (χ2n) is 5.69. The lowest BCUT2D eigenvalue weighted by Crippen LogP contribution is -2.16. The highest BCUT2D eigenvalue weighted by atomic mass is 16.5. The first kappa shape index (κ1) is 13.7. The fourth-order valence-corrected chi connectivity index (χ4v) is 3.04. The van der Waals surface area contributed by atoms with Gasteiger partial charge < -0.3 is 4.74 Å². The lowest BCUT2D eigenvalue weighted by molar-refractivity contribution is 0.273. The zero-order valence-corrected chi connectivity index (χ0v) is 12.3. The molecule has 1 aliphatic rings. The molecular formula is C19H19NO. The summed E-state index contributed by atoms with van der Waals surface area (Å²) in [4.78, 5) is 0. The van der Waals surface area contributed by atoms with Gasteiger partial charge in [0.15, 0.2) is 0 Å². The largest absolute Gasteiger partial charge is 0.493 e. The molecule has 0 spiro atoms. The minimum absolute atomic E-state index is 0.458. The van der Waals surface area contributed by atoms with Gasteiger partial charge in [0, 0.05) is 5.92 Å². The number of hydrogen-bond acceptors (Lipinski definition) is 2. The maximum atomic E-state index is 8.99. The van der Waals surface area contributed by atoms with E-state index in [1.165, 1.54) is 30.4 Å². The molecular weight excluding hydrogens is 258 g/mol. The molecule has 21 heavy (non-hydrogen) atoms. The third-order valence-corrected chi connectivity index (χ3v) is 4.25. The van der Waals surface area contributed by atoms with Gasteiger partial charge in [0.1, 0.15) is 5.75 Å². The van der Waals surface area contributed by atoms with Crippen molar-refractivity contribution in [2.24, 2.45) is 0 Å². The minimum atomic E-state index is 0.458. The van der Waals surface area contributed by atoms with Crippen LogP contribution in [0, 0.1) is 18.3 Å². The van der Waals surface area contributed by atoms with Crippen LogP contribution in [0.5, 0.6) is 5.75 Å². The molecule has 1 atom stereocenters. The molecule has 0 aromatic heterocycles. The summed E-state index contributed by atoms with van der Waals surface area (Å²) in [6, 6.07) is 16.5. The van der Waals surface area contributed by atoms with E-state index in [0.717, 1.165) is 11.3 Å². The van der Waals surface area contributed by atoms with Crippen molar-refractivity contribution in [3.05, 3.63) is 64.7 Å². The van der Waals surface area contributed by atoms with Crippen LogP contribution in [0.3, 0.4) is 0 Å². The first-order valence-corrected chi connectivity index (χ1v) is 7.49. The normalized spacial score (nSPS) is 16.9. The van der Waals surface area contributed by atoms with Gasteiger partial charge >= 0.3 is 0 Å². The van der Waals surface area contributed by atoms with Crippen molar-refractivity contribution >= 4 is 0 Å². The van der Waals surface area contributed by atoms with Gasteiger partial charge in [0.05, 0.1) is 18.2 Å². The Hall–Kier alpha value is -2.27. The number of nitriles is 1. The minimum Gasteiger partial charge on any atom is -0.493 e. The van der Waals surface area contributed by atoms with Crippen molar-refractivity contribution in [1.82, 2.24) is 0 Å². The summed E-state index contributed by atoms with van der Waals surface area (Å²) in [6.45, 7) is 2.71. The monoisotopic (exact) mass is 277 g/mol. The number of ether oxygens (including phenoxy) is 1. The molecule has 0 saturated heterocycles. The van der Waals surface area contributed by atoms with E-state index in [9.17, 15) is 0 Å². The molecule has 106 valence electrons. The summed E-state index contributed by atoms with van der Waals surface area (Å²) in [5.74, 6) is 1.29. The first-order valence-electron chi connectivity index (χ1n) is 7.49. The number of aryl methyl sites for hydroxylation is 2. The van der Waals surface area contributed by atoms with Gasteiger partial charge in [-0.2, -0.15) is 5.26 Å². The van der Waals surface area contributed by atoms with Crippen molar-refractivity contribution in [3.63, 3.8) is 0 Å². The number of rotatable bonds is 3. The molecule has 0 radical (unpaired) electrons. The fourth-order valence-electron chi connectivity index (χ4n) is 3.04. The predicted octanol–water partition coefficient (Wildman–Crippen LogP) is 4.37. The molecule has 0 fully saturated rings. The average molecular weight is 277 g/mol. The van der Waals surface area contributed by atoms with Gasteiger partial charge in [-0.1, -0.05) is 30.3 Å². The Morgan fingerprint density at radius 2 is 2.10 bits per heavy atom. The van der Waals surface area contributed by atoms with E-state index in [0.29, 0.717) is 18.1 Å². The van der Waals surface area contributed by atoms with Crippen LogP contribution < -0.4 is 4.74 Å². The van der Waals surface area contributed by atoms with E-state index in [-0.39, 0.29) is 0 Å². The molecule has 1 unspecified atom stereocenters. The number of benzene rings is 2. The van der Waals surface area contributed by atoms with Gasteiger partial charge in [0.25, 0.3) is 0 Å².